The molecule has 0 atom stereocenters. The summed E-state index contributed by atoms with van der Waals surface area (Å²) in [5.41, 5.74) is 1.04. The topological polar surface area (TPSA) is 29.5 Å². The summed E-state index contributed by atoms with van der Waals surface area (Å²) in [6.45, 7) is 3.75. The second-order valence-corrected chi connectivity index (χ2v) is 4.44. The Kier molecular flexibility index (Phi) is 6.91. The van der Waals surface area contributed by atoms with Crippen LogP contribution in [0.25, 0.3) is 0 Å². The van der Waals surface area contributed by atoms with Crippen molar-refractivity contribution in [1.29, 1.82) is 0 Å². The summed E-state index contributed by atoms with van der Waals surface area (Å²) in [4.78, 5) is 1.18. The zero-order chi connectivity index (χ0) is 11.6. The molecular weight excluding hydrogens is 220 g/mol. The fourth-order valence-electron chi connectivity index (χ4n) is 1.19. The molecule has 0 saturated carbocycles. The Morgan fingerprint density at radius 3 is 3.12 bits per heavy atom. The maximum absolute atomic E-state index is 8.64. The Morgan fingerprint density at radius 2 is 2.38 bits per heavy atom. The van der Waals surface area contributed by atoms with Crippen LogP contribution in [-0.4, -0.2) is 18.3 Å². The summed E-state index contributed by atoms with van der Waals surface area (Å²) >= 11 is 1.68. The van der Waals surface area contributed by atoms with Gasteiger partial charge in [-0.25, -0.2) is 0 Å². The largest absolute Gasteiger partial charge is 0.395 e. The molecule has 2 nitrogen and oxygen atoms in total. The Balaban J connectivity index is 2.42. The zero-order valence-corrected chi connectivity index (χ0v) is 10.5. The maximum Gasteiger partial charge on any atom is 0.0821 e. The van der Waals surface area contributed by atoms with Crippen LogP contribution < -0.4 is 0 Å². The molecule has 3 heteroatoms. The first-order valence-electron chi connectivity index (χ1n) is 5.62. The van der Waals surface area contributed by atoms with E-state index >= 15 is 0 Å². The molecule has 0 unspecified atom stereocenters. The number of aliphatic hydroxyl groups is 1. The minimum Gasteiger partial charge on any atom is -0.395 e. The molecular formula is C13H18O2S. The van der Waals surface area contributed by atoms with E-state index in [0.29, 0.717) is 13.0 Å². The van der Waals surface area contributed by atoms with Crippen LogP contribution in [0.15, 0.2) is 11.4 Å². The van der Waals surface area contributed by atoms with Crippen LogP contribution in [0.5, 0.6) is 0 Å². The third-order valence-corrected chi connectivity index (χ3v) is 2.98. The smallest absolute Gasteiger partial charge is 0.0821 e. The fraction of sp³-hybridized carbons (Fsp3) is 0.538. The molecule has 0 aliphatic carbocycles. The highest BCUT2D eigenvalue weighted by atomic mass is 32.1. The van der Waals surface area contributed by atoms with Gasteiger partial charge in [0.15, 0.2) is 0 Å². The summed E-state index contributed by atoms with van der Waals surface area (Å²) in [6, 6.07) is 2.01. The lowest BCUT2D eigenvalue weighted by atomic mass is 10.2. The van der Waals surface area contributed by atoms with Gasteiger partial charge in [-0.3, -0.25) is 0 Å². The van der Waals surface area contributed by atoms with Gasteiger partial charge in [-0.2, -0.15) is 0 Å². The molecule has 0 spiro atoms. The first kappa shape index (κ1) is 13.2. The van der Waals surface area contributed by atoms with Crippen molar-refractivity contribution < 1.29 is 9.84 Å². The van der Waals surface area contributed by atoms with Gasteiger partial charge in [0.1, 0.15) is 0 Å². The molecule has 1 N–H and O–H groups in total. The standard InChI is InChI=1S/C13H18O2S/c1-2-3-9-15-11-13-12(7-10-16-13)6-4-5-8-14/h7,10,14H,2-3,5,8-9,11H2,1H3. The van der Waals surface area contributed by atoms with Gasteiger partial charge in [0.2, 0.25) is 0 Å². The highest BCUT2D eigenvalue weighted by Crippen LogP contribution is 2.17. The van der Waals surface area contributed by atoms with Crippen LogP contribution in [0.4, 0.5) is 0 Å². The molecule has 0 aromatic carbocycles. The third kappa shape index (κ3) is 4.80. The van der Waals surface area contributed by atoms with Crippen LogP contribution in [0.2, 0.25) is 0 Å². The fourth-order valence-corrected chi connectivity index (χ4v) is 1.95. The Hall–Kier alpha value is -0.820. The summed E-state index contributed by atoms with van der Waals surface area (Å²) < 4.78 is 5.56. The average molecular weight is 238 g/mol. The number of rotatable bonds is 6. The van der Waals surface area contributed by atoms with E-state index in [9.17, 15) is 0 Å². The van der Waals surface area contributed by atoms with E-state index in [4.69, 9.17) is 9.84 Å². The van der Waals surface area contributed by atoms with Crippen LogP contribution in [-0.2, 0) is 11.3 Å². The first-order chi connectivity index (χ1) is 7.88. The molecule has 0 aliphatic heterocycles. The molecule has 0 radical (unpaired) electrons. The molecule has 0 amide bonds. The lowest BCUT2D eigenvalue weighted by molar-refractivity contribution is 0.120. The predicted molar refractivity (Wildman–Crippen MR) is 67.5 cm³/mol. The number of hydrogen-bond acceptors (Lipinski definition) is 3. The van der Waals surface area contributed by atoms with E-state index in [1.54, 1.807) is 11.3 Å². The van der Waals surface area contributed by atoms with Crippen molar-refractivity contribution >= 4 is 11.3 Å². The van der Waals surface area contributed by atoms with Crippen molar-refractivity contribution in [2.24, 2.45) is 0 Å². The average Bonchev–Trinajstić information content (AvgIpc) is 2.73. The summed E-state index contributed by atoms with van der Waals surface area (Å²) in [7, 11) is 0. The molecule has 1 rings (SSSR count). The van der Waals surface area contributed by atoms with Crippen molar-refractivity contribution in [1.82, 2.24) is 0 Å². The van der Waals surface area contributed by atoms with Gasteiger partial charge in [0.25, 0.3) is 0 Å². The third-order valence-electron chi connectivity index (χ3n) is 2.08. The summed E-state index contributed by atoms with van der Waals surface area (Å²) in [5.74, 6) is 5.99. The molecule has 0 aliphatic rings. The van der Waals surface area contributed by atoms with Crippen LogP contribution in [0.3, 0.4) is 0 Å². The monoisotopic (exact) mass is 238 g/mol. The summed E-state index contributed by atoms with van der Waals surface area (Å²) in [6.07, 6.45) is 2.80. The molecule has 88 valence electrons. The molecule has 16 heavy (non-hydrogen) atoms. The number of thiophene rings is 1. The van der Waals surface area contributed by atoms with E-state index < -0.39 is 0 Å². The van der Waals surface area contributed by atoms with Gasteiger partial charge in [-0.05, 0) is 17.9 Å². The Bertz CT molecular complexity index is 346. The molecule has 0 saturated heterocycles. The number of unbranched alkanes of at least 4 members (excludes halogenated alkanes) is 1. The van der Waals surface area contributed by atoms with E-state index in [1.165, 1.54) is 4.88 Å². The van der Waals surface area contributed by atoms with E-state index in [-0.39, 0.29) is 6.61 Å². The number of hydrogen-bond donors (Lipinski definition) is 1. The Labute approximate surface area is 101 Å². The molecule has 1 heterocycles. The van der Waals surface area contributed by atoms with Crippen molar-refractivity contribution in [3.63, 3.8) is 0 Å². The number of aliphatic hydroxyl groups excluding tert-OH is 1. The van der Waals surface area contributed by atoms with Gasteiger partial charge in [0, 0.05) is 23.5 Å². The zero-order valence-electron chi connectivity index (χ0n) is 9.66. The number of ether oxygens (including phenoxy) is 1. The van der Waals surface area contributed by atoms with E-state index in [0.717, 1.165) is 25.0 Å². The van der Waals surface area contributed by atoms with E-state index in [1.807, 2.05) is 11.4 Å². The van der Waals surface area contributed by atoms with Crippen LogP contribution >= 0.6 is 11.3 Å². The lowest BCUT2D eigenvalue weighted by Gasteiger charge is -2.01. The van der Waals surface area contributed by atoms with Crippen molar-refractivity contribution in [3.05, 3.63) is 21.9 Å². The molecule has 1 aromatic rings. The van der Waals surface area contributed by atoms with E-state index in [2.05, 4.69) is 18.8 Å². The first-order valence-corrected chi connectivity index (χ1v) is 6.50. The van der Waals surface area contributed by atoms with Gasteiger partial charge >= 0.3 is 0 Å². The highest BCUT2D eigenvalue weighted by Gasteiger charge is 2.01. The quantitative estimate of drug-likeness (QED) is 0.610. The maximum atomic E-state index is 8.64. The predicted octanol–water partition coefficient (Wildman–Crippen LogP) is 2.80. The van der Waals surface area contributed by atoms with Gasteiger partial charge in [-0.15, -0.1) is 11.3 Å². The lowest BCUT2D eigenvalue weighted by Crippen LogP contribution is -1.94. The second-order valence-electron chi connectivity index (χ2n) is 3.44. The van der Waals surface area contributed by atoms with Gasteiger partial charge < -0.3 is 9.84 Å². The van der Waals surface area contributed by atoms with Gasteiger partial charge in [-0.1, -0.05) is 25.2 Å². The van der Waals surface area contributed by atoms with Crippen molar-refractivity contribution in [2.75, 3.05) is 13.2 Å². The van der Waals surface area contributed by atoms with Crippen molar-refractivity contribution in [2.45, 2.75) is 32.8 Å². The molecule has 0 fully saturated rings. The Morgan fingerprint density at radius 1 is 1.50 bits per heavy atom. The molecule has 1 aromatic heterocycles. The van der Waals surface area contributed by atoms with Crippen molar-refractivity contribution in [3.8, 4) is 11.8 Å². The highest BCUT2D eigenvalue weighted by molar-refractivity contribution is 7.10. The van der Waals surface area contributed by atoms with Gasteiger partial charge in [0.05, 0.1) is 13.2 Å². The van der Waals surface area contributed by atoms with Crippen LogP contribution in [0, 0.1) is 11.8 Å². The SMILES string of the molecule is CCCCOCc1sccc1C#CCCO. The normalized spacial score (nSPS) is 9.88. The van der Waals surface area contributed by atoms with Crippen LogP contribution in [0.1, 0.15) is 36.6 Å². The molecule has 0 bridgehead atoms. The minimum absolute atomic E-state index is 0.124. The summed E-state index contributed by atoms with van der Waals surface area (Å²) in [5, 5.41) is 10.7. The minimum atomic E-state index is 0.124. The second kappa shape index (κ2) is 8.35.